The van der Waals surface area contributed by atoms with Crippen molar-refractivity contribution >= 4 is 30.6 Å². The molecule has 1 saturated heterocycles. The maximum absolute atomic E-state index is 13.5. The van der Waals surface area contributed by atoms with Crippen LogP contribution in [0, 0.1) is 0 Å². The Kier molecular flexibility index (Phi) is 9.69. The van der Waals surface area contributed by atoms with Crippen molar-refractivity contribution in [1.29, 1.82) is 0 Å². The van der Waals surface area contributed by atoms with Gasteiger partial charge in [0.25, 0.3) is 8.32 Å². The summed E-state index contributed by atoms with van der Waals surface area (Å²) < 4.78 is 15.3. The van der Waals surface area contributed by atoms with Crippen LogP contribution >= 0.6 is 0 Å². The number of aromatic nitrogens is 4. The summed E-state index contributed by atoms with van der Waals surface area (Å²) in [5.74, 6) is -0.150. The number of allylic oxidation sites excluding steroid dienone is 1. The molecule has 1 amide bonds. The number of ether oxygens (including phenoxy) is 1. The van der Waals surface area contributed by atoms with E-state index in [0.717, 1.165) is 16.1 Å². The van der Waals surface area contributed by atoms with Gasteiger partial charge in [-0.2, -0.15) is 0 Å². The molecule has 3 heterocycles. The van der Waals surface area contributed by atoms with Crippen molar-refractivity contribution in [3.8, 4) is 11.4 Å². The lowest BCUT2D eigenvalue weighted by atomic mass is 9.86. The zero-order valence-electron chi connectivity index (χ0n) is 27.5. The van der Waals surface area contributed by atoms with E-state index in [9.17, 15) is 9.59 Å². The molecule has 240 valence electrons. The van der Waals surface area contributed by atoms with Gasteiger partial charge in [-0.1, -0.05) is 112 Å². The Morgan fingerprint density at radius 2 is 1.59 bits per heavy atom. The van der Waals surface area contributed by atoms with Gasteiger partial charge in [-0.15, -0.1) is 5.10 Å². The molecule has 10 heteroatoms. The number of hydrogen-bond acceptors (Lipinski definition) is 7. The predicted octanol–water partition coefficient (Wildman–Crippen LogP) is 5.42. The summed E-state index contributed by atoms with van der Waals surface area (Å²) in [6.45, 7) is 12.7. The normalized spacial score (nSPS) is 19.4. The highest BCUT2D eigenvalue weighted by molar-refractivity contribution is 6.99. The molecule has 1 aliphatic heterocycles. The molecule has 2 aromatic heterocycles. The van der Waals surface area contributed by atoms with Gasteiger partial charge >= 0.3 is 6.09 Å². The number of hydrogen-bond donors (Lipinski definition) is 0. The van der Waals surface area contributed by atoms with Crippen LogP contribution in [0.25, 0.3) is 11.4 Å². The molecule has 3 atom stereocenters. The quantitative estimate of drug-likeness (QED) is 0.151. The molecular formula is C36H43N5O4Si. The number of Topliss-reactive ketones (excluding diaryl/α,β-unsaturated/α-hetero) is 1. The summed E-state index contributed by atoms with van der Waals surface area (Å²) in [6.07, 6.45) is 6.75. The SMILES string of the molecule is CC[C@@H](O[Si](c1ccccc1)(c1ccccc1)C(C)(C)C)[C@@]1(C)OC(=O)N(C/C=C/Cn2cc(-c3ccccn3)nn2)[C@@H]1C(C)=O. The van der Waals surface area contributed by atoms with E-state index in [1.807, 2.05) is 86.8 Å². The summed E-state index contributed by atoms with van der Waals surface area (Å²) in [4.78, 5) is 32.7. The minimum absolute atomic E-state index is 0.150. The Morgan fingerprint density at radius 3 is 2.13 bits per heavy atom. The van der Waals surface area contributed by atoms with Gasteiger partial charge in [0.05, 0.1) is 24.5 Å². The minimum atomic E-state index is -3.00. The molecule has 46 heavy (non-hydrogen) atoms. The lowest BCUT2D eigenvalue weighted by molar-refractivity contribution is -0.128. The van der Waals surface area contributed by atoms with Crippen molar-refractivity contribution in [2.45, 2.75) is 77.3 Å². The van der Waals surface area contributed by atoms with Gasteiger partial charge in [0.2, 0.25) is 0 Å². The fourth-order valence-corrected chi connectivity index (χ4v) is 11.5. The first kappa shape index (κ1) is 33.0. The zero-order chi connectivity index (χ0) is 33.0. The van der Waals surface area contributed by atoms with E-state index >= 15 is 0 Å². The van der Waals surface area contributed by atoms with Crippen LogP contribution in [-0.4, -0.2) is 69.4 Å². The smallest absolute Gasteiger partial charge is 0.411 e. The van der Waals surface area contributed by atoms with Crippen LogP contribution in [-0.2, 0) is 20.5 Å². The van der Waals surface area contributed by atoms with E-state index in [0.29, 0.717) is 18.7 Å². The number of amides is 1. The summed E-state index contributed by atoms with van der Waals surface area (Å²) >= 11 is 0. The monoisotopic (exact) mass is 637 g/mol. The molecule has 1 aliphatic rings. The Bertz CT molecular complexity index is 1620. The van der Waals surface area contributed by atoms with Gasteiger partial charge in [-0.3, -0.25) is 14.7 Å². The highest BCUT2D eigenvalue weighted by Gasteiger charge is 2.60. The van der Waals surface area contributed by atoms with Crippen LogP contribution in [0.2, 0.25) is 5.04 Å². The number of carbonyl (C=O) groups excluding carboxylic acids is 2. The van der Waals surface area contributed by atoms with Gasteiger partial charge in [-0.05, 0) is 47.8 Å². The van der Waals surface area contributed by atoms with Gasteiger partial charge in [-0.25, -0.2) is 9.48 Å². The molecule has 4 aromatic rings. The largest absolute Gasteiger partial charge is 0.438 e. The Labute approximate surface area is 272 Å². The Balaban J connectivity index is 1.41. The maximum Gasteiger partial charge on any atom is 0.411 e. The second kappa shape index (κ2) is 13.5. The average Bonchev–Trinajstić information content (AvgIpc) is 3.62. The second-order valence-corrected chi connectivity index (χ2v) is 17.2. The van der Waals surface area contributed by atoms with Crippen LogP contribution < -0.4 is 10.4 Å². The maximum atomic E-state index is 13.5. The third-order valence-electron chi connectivity index (χ3n) is 8.75. The highest BCUT2D eigenvalue weighted by Crippen LogP contribution is 2.42. The first-order valence-electron chi connectivity index (χ1n) is 15.8. The average molecular weight is 638 g/mol. The number of benzene rings is 2. The summed E-state index contributed by atoms with van der Waals surface area (Å²) in [5.41, 5.74) is 0.213. The van der Waals surface area contributed by atoms with Crippen LogP contribution in [0.1, 0.15) is 48.0 Å². The van der Waals surface area contributed by atoms with Crippen molar-refractivity contribution in [3.05, 3.63) is 103 Å². The first-order valence-corrected chi connectivity index (χ1v) is 17.7. The van der Waals surface area contributed by atoms with Crippen molar-refractivity contribution in [1.82, 2.24) is 24.9 Å². The second-order valence-electron chi connectivity index (χ2n) is 12.9. The topological polar surface area (TPSA) is 99.4 Å². The van der Waals surface area contributed by atoms with E-state index in [2.05, 4.69) is 60.3 Å². The molecular weight excluding hydrogens is 595 g/mol. The highest BCUT2D eigenvalue weighted by atomic mass is 28.4. The fourth-order valence-electron chi connectivity index (χ4n) is 6.66. The summed E-state index contributed by atoms with van der Waals surface area (Å²) in [5, 5.41) is 10.4. The molecule has 1 fully saturated rings. The number of cyclic esters (lactones) is 1. The first-order chi connectivity index (χ1) is 22.0. The molecule has 0 aliphatic carbocycles. The van der Waals surface area contributed by atoms with Crippen molar-refractivity contribution < 1.29 is 18.8 Å². The standard InChI is InChI=1S/C36H43N5O4Si/c1-7-32(45-46(35(3,4)5,28-18-10-8-11-19-28)29-20-12-9-13-21-29)36(6)33(27(2)42)41(34(43)44-36)25-17-16-24-40-26-31(38-39-40)30-22-14-15-23-37-30/h8-23,26,32-33H,7,24-25H2,1-6H3/b17-16+/t32-,33-,36-/m1/s1. The lowest BCUT2D eigenvalue weighted by Crippen LogP contribution is -2.70. The molecule has 0 radical (unpaired) electrons. The molecule has 0 saturated carbocycles. The predicted molar refractivity (Wildman–Crippen MR) is 181 cm³/mol. The summed E-state index contributed by atoms with van der Waals surface area (Å²) in [6, 6.07) is 25.5. The van der Waals surface area contributed by atoms with Crippen LogP contribution in [0.4, 0.5) is 4.79 Å². The zero-order valence-corrected chi connectivity index (χ0v) is 28.5. The van der Waals surface area contributed by atoms with Crippen LogP contribution in [0.3, 0.4) is 0 Å². The van der Waals surface area contributed by atoms with E-state index in [1.54, 1.807) is 10.9 Å². The van der Waals surface area contributed by atoms with Crippen molar-refractivity contribution in [3.63, 3.8) is 0 Å². The number of carbonyl (C=O) groups is 2. The van der Waals surface area contributed by atoms with Crippen LogP contribution in [0.5, 0.6) is 0 Å². The molecule has 0 bridgehead atoms. The molecule has 2 aromatic carbocycles. The van der Waals surface area contributed by atoms with Crippen LogP contribution in [0.15, 0.2) is 103 Å². The lowest BCUT2D eigenvalue weighted by Gasteiger charge is -2.48. The molecule has 5 rings (SSSR count). The van der Waals surface area contributed by atoms with E-state index in [1.165, 1.54) is 11.8 Å². The molecule has 9 nitrogen and oxygen atoms in total. The number of pyridine rings is 1. The van der Waals surface area contributed by atoms with Crippen molar-refractivity contribution in [2.24, 2.45) is 0 Å². The van der Waals surface area contributed by atoms with E-state index in [-0.39, 0.29) is 17.4 Å². The number of rotatable bonds is 12. The fraction of sp³-hybridized carbons (Fsp3) is 0.361. The number of nitrogens with zero attached hydrogens (tertiary/aromatic N) is 5. The van der Waals surface area contributed by atoms with Gasteiger partial charge < -0.3 is 9.16 Å². The van der Waals surface area contributed by atoms with E-state index in [4.69, 9.17) is 9.16 Å². The third-order valence-corrected chi connectivity index (χ3v) is 13.8. The van der Waals surface area contributed by atoms with Crippen molar-refractivity contribution in [2.75, 3.05) is 6.54 Å². The van der Waals surface area contributed by atoms with Gasteiger partial charge in [0.15, 0.2) is 11.4 Å². The van der Waals surface area contributed by atoms with E-state index < -0.39 is 32.2 Å². The van der Waals surface area contributed by atoms with Gasteiger partial charge in [0.1, 0.15) is 11.7 Å². The number of ketones is 1. The molecule has 0 N–H and O–H groups in total. The molecule has 0 spiro atoms. The minimum Gasteiger partial charge on any atom is -0.438 e. The third kappa shape index (κ3) is 6.32. The summed E-state index contributed by atoms with van der Waals surface area (Å²) in [7, 11) is -3.00. The Hall–Kier alpha value is -4.41. The molecule has 0 unspecified atom stereocenters. The van der Waals surface area contributed by atoms with Gasteiger partial charge in [0, 0.05) is 12.7 Å². The Morgan fingerprint density at radius 1 is 0.978 bits per heavy atom.